The van der Waals surface area contributed by atoms with E-state index in [9.17, 15) is 28.8 Å². The van der Waals surface area contributed by atoms with Crippen molar-refractivity contribution in [2.75, 3.05) is 110 Å². The van der Waals surface area contributed by atoms with Crippen molar-refractivity contribution in [3.05, 3.63) is 194 Å². The number of benzene rings is 8. The van der Waals surface area contributed by atoms with Gasteiger partial charge in [-0.2, -0.15) is 39.9 Å². The Hall–Kier alpha value is -14.0. The number of pyridine rings is 4. The second-order valence-corrected chi connectivity index (χ2v) is 45.2. The first-order valence-corrected chi connectivity index (χ1v) is 54.6. The van der Waals surface area contributed by atoms with Crippen molar-refractivity contribution < 1.29 is 70.1 Å². The molecule has 27 rings (SSSR count). The molecular weight excluding hydrogens is 1910 g/mol. The molecular formula is C117H122F4N16O11S. The summed E-state index contributed by atoms with van der Waals surface area (Å²) in [5, 5.41) is 50.1. The number of halogens is 4. The summed E-state index contributed by atoms with van der Waals surface area (Å²) in [7, 11) is -1.46. The number of sulfone groups is 1. The highest BCUT2D eigenvalue weighted by Gasteiger charge is 2.42. The van der Waals surface area contributed by atoms with Crippen molar-refractivity contribution in [3.8, 4) is 92.1 Å². The maximum Gasteiger partial charge on any atom is 0.319 e. The molecule has 8 atom stereocenters. The quantitative estimate of drug-likeness (QED) is 0.0431. The number of aromatic hydroxyl groups is 4. The third kappa shape index (κ3) is 20.3. The third-order valence-corrected chi connectivity index (χ3v) is 34.4. The Morgan fingerprint density at radius 1 is 0.322 bits per heavy atom. The highest BCUT2D eigenvalue weighted by Crippen LogP contribution is 2.50. The average molecular weight is 2040 g/mol. The number of methoxy groups -OCH3 is 1. The van der Waals surface area contributed by atoms with Gasteiger partial charge in [0.1, 0.15) is 110 Å². The van der Waals surface area contributed by atoms with Crippen LogP contribution in [0.15, 0.2) is 170 Å². The highest BCUT2D eigenvalue weighted by atomic mass is 32.2. The van der Waals surface area contributed by atoms with Crippen LogP contribution in [-0.4, -0.2) is 192 Å². The van der Waals surface area contributed by atoms with Crippen LogP contribution < -0.4 is 38.5 Å². The van der Waals surface area contributed by atoms with E-state index in [-0.39, 0.29) is 130 Å². The zero-order chi connectivity index (χ0) is 101. The first kappa shape index (κ1) is 98.3. The molecule has 5 saturated heterocycles. The van der Waals surface area contributed by atoms with Gasteiger partial charge in [0.2, 0.25) is 0 Å². The second kappa shape index (κ2) is 41.8. The van der Waals surface area contributed by atoms with Gasteiger partial charge in [-0.15, -0.1) is 0 Å². The number of anilines is 4. The van der Waals surface area contributed by atoms with E-state index < -0.39 is 33.1 Å². The topological polar surface area (TPSA) is 329 Å². The van der Waals surface area contributed by atoms with Gasteiger partial charge in [0, 0.05) is 107 Å². The molecule has 4 N–H and O–H groups in total. The minimum atomic E-state index is -3.06. The third-order valence-electron chi connectivity index (χ3n) is 32.6. The van der Waals surface area contributed by atoms with Crippen LogP contribution in [0.25, 0.3) is 132 Å². The molecule has 0 spiro atoms. The Balaban J connectivity index is 0.000000109. The summed E-state index contributed by atoms with van der Waals surface area (Å²) in [6.07, 6.45) is 32.1. The standard InChI is InChI=1S/2C30H31FN4O2.C29H29FN4O4S.C27H27FN4O3.CH4/c31-26-27(24-13-22(36)12-21-7-3-4-8-23(21)24)32-14-25-28(26)33-30(37-17-18-5-1-2-6-18)34-29(25)35-15-19-9-10-20(11-19)16-35;31-26-27(24-14-21(36)13-20-6-4-5-9-23(20)24)32-15-25-28(26)33-30(37-22-7-2-1-3-8-22)34-29(25)35-16-18-10-11-19(12-18)17-35;30-25-26(23-13-20(35)12-19-3-1-2-4-22(19)23)31-14-24-27(25)32-29(38-21-7-9-39(36,37)10-8-21)33-28(24)34-15-17-5-6-18(11-17)16-34;1-34-8-9-35-27-30-25-22(26(31-27)32-14-16-6-7-17(10-16)15-32)13-29-24(23(25)28)21-12-19(33)11-18-4-2-3-5-20(18)21;/h3-4,7-8,12-14,18-20,36H,1-2,5-6,9-11,15-17H2;4-6,9,13-15,18-19,22,36H,1-3,7-8,10-12,16-17H2;1-4,12-14,17-18,21,35H,5-11,15-16H2;2-5,11-13,16-17,33H,6-10,14-15H2,1H3;1H4. The Morgan fingerprint density at radius 2 is 0.597 bits per heavy atom. The van der Waals surface area contributed by atoms with Gasteiger partial charge in [-0.25, -0.2) is 26.0 Å². The van der Waals surface area contributed by atoms with Crippen molar-refractivity contribution in [1.82, 2.24) is 59.8 Å². The Bertz CT molecular complexity index is 7870. The molecule has 8 aromatic heterocycles. The lowest BCUT2D eigenvalue weighted by Gasteiger charge is -2.33. The number of fused-ring (bicyclic) bond motifs is 16. The van der Waals surface area contributed by atoms with Crippen molar-refractivity contribution in [2.45, 2.75) is 167 Å². The molecule has 6 saturated carbocycles. The molecule has 5 aliphatic heterocycles. The van der Waals surface area contributed by atoms with E-state index in [1.54, 1.807) is 74.4 Å². The number of aromatic nitrogens is 12. The fourth-order valence-corrected chi connectivity index (χ4v) is 27.0. The summed E-state index contributed by atoms with van der Waals surface area (Å²) in [6.45, 7) is 8.35. The number of ether oxygens (including phenoxy) is 5. The molecule has 11 aliphatic rings. The van der Waals surface area contributed by atoms with E-state index in [2.05, 4.69) is 59.5 Å². The van der Waals surface area contributed by atoms with Crippen LogP contribution >= 0.6 is 0 Å². The predicted octanol–water partition coefficient (Wildman–Crippen LogP) is 23.6. The smallest absolute Gasteiger partial charge is 0.319 e. The first-order valence-electron chi connectivity index (χ1n) is 52.8. The maximum absolute atomic E-state index is 16.4. The Kier molecular flexibility index (Phi) is 27.6. The number of hydrogen-bond acceptors (Lipinski definition) is 27. The highest BCUT2D eigenvalue weighted by molar-refractivity contribution is 7.91. The van der Waals surface area contributed by atoms with Crippen LogP contribution in [0.4, 0.5) is 40.8 Å². The number of phenolic OH excluding ortho intramolecular Hbond substituents is 4. The van der Waals surface area contributed by atoms with Crippen molar-refractivity contribution >= 4 is 120 Å². The van der Waals surface area contributed by atoms with Gasteiger partial charge in [0.05, 0.1) is 46.3 Å². The summed E-state index contributed by atoms with van der Waals surface area (Å²) < 4.78 is 118. The molecule has 27 nitrogen and oxygen atoms in total. The summed E-state index contributed by atoms with van der Waals surface area (Å²) in [5.41, 5.74) is 3.36. The summed E-state index contributed by atoms with van der Waals surface area (Å²) in [4.78, 5) is 64.6. The zero-order valence-electron chi connectivity index (χ0n) is 82.7. The maximum atomic E-state index is 16.4. The van der Waals surface area contributed by atoms with E-state index >= 15 is 17.6 Å². The molecule has 16 aromatic rings. The molecule has 11 fully saturated rings. The largest absolute Gasteiger partial charge is 0.508 e. The van der Waals surface area contributed by atoms with E-state index in [1.807, 2.05) is 97.1 Å². The van der Waals surface area contributed by atoms with Crippen LogP contribution in [-0.2, 0) is 14.6 Å². The van der Waals surface area contributed by atoms with Gasteiger partial charge < -0.3 is 63.7 Å². The minimum absolute atomic E-state index is 0. The van der Waals surface area contributed by atoms with E-state index in [4.69, 9.17) is 43.6 Å². The van der Waals surface area contributed by atoms with Gasteiger partial charge >= 0.3 is 24.0 Å². The van der Waals surface area contributed by atoms with Crippen molar-refractivity contribution in [1.29, 1.82) is 0 Å². The van der Waals surface area contributed by atoms with Crippen LogP contribution in [0.1, 0.15) is 155 Å². The van der Waals surface area contributed by atoms with Crippen molar-refractivity contribution in [2.24, 2.45) is 53.3 Å². The minimum Gasteiger partial charge on any atom is -0.508 e. The molecule has 8 aromatic carbocycles. The molecule has 8 bridgehead atoms. The number of phenols is 4. The number of rotatable bonds is 19. The molecule has 149 heavy (non-hydrogen) atoms. The van der Waals surface area contributed by atoms with Crippen LogP contribution in [0, 0.1) is 76.5 Å². The molecule has 770 valence electrons. The predicted molar refractivity (Wildman–Crippen MR) is 571 cm³/mol. The molecule has 32 heteroatoms. The van der Waals surface area contributed by atoms with Gasteiger partial charge in [-0.3, -0.25) is 19.9 Å². The van der Waals surface area contributed by atoms with E-state index in [0.29, 0.717) is 135 Å². The fourth-order valence-electron chi connectivity index (χ4n) is 25.6. The lowest BCUT2D eigenvalue weighted by molar-refractivity contribution is 0.141. The van der Waals surface area contributed by atoms with Crippen LogP contribution in [0.3, 0.4) is 0 Å². The molecule has 6 aliphatic carbocycles. The monoisotopic (exact) mass is 2030 g/mol. The van der Waals surface area contributed by atoms with Gasteiger partial charge in [-0.05, 0) is 273 Å². The molecule has 0 radical (unpaired) electrons. The average Bonchev–Trinajstić information content (AvgIpc) is 1.70. The van der Waals surface area contributed by atoms with Gasteiger partial charge in [0.25, 0.3) is 0 Å². The normalized spacial score (nSPS) is 21.5. The SMILES string of the molecule is C.COCCOc1nc(N2CC3CCC(C3)C2)c2cnc(-c3cc(O)cc4ccccc34)c(F)c2n1.O=S1(=O)CCC(Oc2nc(N3CC4CCC(C4)C3)c3cnc(-c4cc(O)cc5ccccc45)c(F)c3n2)CC1.Oc1cc(-c2ncc3c(N4CC5CCC(C5)C4)nc(OC4CCCCC4)nc3c2F)c2ccccc2c1.Oc1cc(-c2ncc3c(N4CC5CCC(C5)C4)nc(OCC4CCCC4)nc3c2F)c2ccccc2c1. The number of piperidine rings is 4. The van der Waals surface area contributed by atoms with Crippen LogP contribution in [0.2, 0.25) is 0 Å². The Morgan fingerprint density at radius 3 is 0.906 bits per heavy atom. The van der Waals surface area contributed by atoms with Gasteiger partial charge in [0.15, 0.2) is 33.1 Å². The zero-order valence-corrected chi connectivity index (χ0v) is 83.5. The summed E-state index contributed by atoms with van der Waals surface area (Å²) in [6, 6.07) is 43.8. The number of nitrogens with zero attached hydrogens (tertiary/aromatic N) is 16. The molecule has 0 amide bonds. The lowest BCUT2D eigenvalue weighted by atomic mass is 9.98. The lowest BCUT2D eigenvalue weighted by Crippen LogP contribution is -2.37. The fraction of sp³-hybridized carbons (Fsp3) is 0.419. The van der Waals surface area contributed by atoms with Crippen LogP contribution in [0.5, 0.6) is 47.0 Å². The van der Waals surface area contributed by atoms with E-state index in [0.717, 1.165) is 146 Å². The molecule has 8 unspecified atom stereocenters. The van der Waals surface area contributed by atoms with E-state index in [1.165, 1.54) is 102 Å². The molecule has 13 heterocycles. The van der Waals surface area contributed by atoms with Crippen molar-refractivity contribution in [3.63, 3.8) is 0 Å². The summed E-state index contributed by atoms with van der Waals surface area (Å²) in [5.74, 6) is 6.42. The number of hydrogen-bond donors (Lipinski definition) is 4. The first-order chi connectivity index (χ1) is 72.2. The summed E-state index contributed by atoms with van der Waals surface area (Å²) >= 11 is 0. The Labute approximate surface area is 861 Å². The second-order valence-electron chi connectivity index (χ2n) is 42.9. The van der Waals surface area contributed by atoms with Gasteiger partial charge in [-0.1, -0.05) is 124 Å².